The molecule has 1 unspecified atom stereocenters. The SMILES string of the molecule is CCNC(=NCc1ccc(C)cc1OC(C)C)NCC1(O)CCSC1.I. The van der Waals surface area contributed by atoms with Crippen LogP contribution in [-0.2, 0) is 6.54 Å². The van der Waals surface area contributed by atoms with E-state index in [1.807, 2.05) is 20.8 Å². The van der Waals surface area contributed by atoms with Crippen LogP contribution < -0.4 is 15.4 Å². The van der Waals surface area contributed by atoms with Gasteiger partial charge in [-0.1, -0.05) is 12.1 Å². The van der Waals surface area contributed by atoms with Crippen molar-refractivity contribution in [1.29, 1.82) is 0 Å². The van der Waals surface area contributed by atoms with Gasteiger partial charge in [-0.2, -0.15) is 11.8 Å². The molecule has 0 bridgehead atoms. The number of aliphatic imine (C=N–C) groups is 1. The van der Waals surface area contributed by atoms with Crippen LogP contribution in [0.2, 0.25) is 0 Å². The number of hydrogen-bond donors (Lipinski definition) is 3. The predicted molar refractivity (Wildman–Crippen MR) is 122 cm³/mol. The maximum Gasteiger partial charge on any atom is 0.191 e. The van der Waals surface area contributed by atoms with E-state index in [4.69, 9.17) is 4.74 Å². The number of thioether (sulfide) groups is 1. The molecule has 3 N–H and O–H groups in total. The number of ether oxygens (including phenoxy) is 1. The van der Waals surface area contributed by atoms with E-state index in [9.17, 15) is 5.11 Å². The summed E-state index contributed by atoms with van der Waals surface area (Å²) in [5, 5.41) is 17.0. The molecule has 0 saturated carbocycles. The molecule has 1 aromatic rings. The van der Waals surface area contributed by atoms with Gasteiger partial charge < -0.3 is 20.5 Å². The molecule has 1 saturated heterocycles. The molecule has 0 amide bonds. The molecule has 148 valence electrons. The molecule has 0 radical (unpaired) electrons. The quantitative estimate of drug-likeness (QED) is 0.309. The van der Waals surface area contributed by atoms with Crippen LogP contribution in [0, 0.1) is 6.92 Å². The molecule has 1 aromatic carbocycles. The van der Waals surface area contributed by atoms with Crippen LogP contribution >= 0.6 is 35.7 Å². The number of nitrogens with one attached hydrogen (secondary N) is 2. The van der Waals surface area contributed by atoms with E-state index in [0.717, 1.165) is 41.7 Å². The van der Waals surface area contributed by atoms with Gasteiger partial charge in [0.1, 0.15) is 5.75 Å². The largest absolute Gasteiger partial charge is 0.491 e. The number of guanidine groups is 1. The summed E-state index contributed by atoms with van der Waals surface area (Å²) in [6.07, 6.45) is 0.957. The third-order valence-corrected chi connectivity index (χ3v) is 5.24. The fraction of sp³-hybridized carbons (Fsp3) is 0.632. The molecule has 1 fully saturated rings. The van der Waals surface area contributed by atoms with Crippen molar-refractivity contribution >= 4 is 41.7 Å². The van der Waals surface area contributed by atoms with Crippen molar-refractivity contribution in [2.24, 2.45) is 4.99 Å². The van der Waals surface area contributed by atoms with Crippen molar-refractivity contribution in [3.05, 3.63) is 29.3 Å². The second-order valence-corrected chi connectivity index (χ2v) is 7.96. The highest BCUT2D eigenvalue weighted by Crippen LogP contribution is 2.27. The molecule has 0 aliphatic carbocycles. The van der Waals surface area contributed by atoms with Crippen molar-refractivity contribution < 1.29 is 9.84 Å². The van der Waals surface area contributed by atoms with Crippen LogP contribution in [0.3, 0.4) is 0 Å². The Balaban J connectivity index is 0.00000338. The molecular weight excluding hydrogens is 461 g/mol. The lowest BCUT2D eigenvalue weighted by molar-refractivity contribution is 0.0724. The van der Waals surface area contributed by atoms with Crippen LogP contribution in [0.15, 0.2) is 23.2 Å². The molecule has 5 nitrogen and oxygen atoms in total. The molecule has 1 aliphatic heterocycles. The van der Waals surface area contributed by atoms with Crippen LogP contribution in [0.4, 0.5) is 0 Å². The molecule has 1 atom stereocenters. The van der Waals surface area contributed by atoms with Gasteiger partial charge in [-0.25, -0.2) is 4.99 Å². The highest BCUT2D eigenvalue weighted by atomic mass is 127. The second-order valence-electron chi connectivity index (χ2n) is 6.85. The van der Waals surface area contributed by atoms with Gasteiger partial charge in [0.2, 0.25) is 0 Å². The smallest absolute Gasteiger partial charge is 0.191 e. The number of halogens is 1. The highest BCUT2D eigenvalue weighted by Gasteiger charge is 2.31. The second kappa shape index (κ2) is 11.2. The van der Waals surface area contributed by atoms with Crippen LogP contribution in [0.1, 0.15) is 38.3 Å². The van der Waals surface area contributed by atoms with Crippen molar-refractivity contribution in [3.63, 3.8) is 0 Å². The number of rotatable bonds is 7. The Hall–Kier alpha value is -0.670. The first-order valence-electron chi connectivity index (χ1n) is 9.00. The van der Waals surface area contributed by atoms with Crippen LogP contribution in [-0.4, -0.2) is 47.4 Å². The highest BCUT2D eigenvalue weighted by molar-refractivity contribution is 14.0. The summed E-state index contributed by atoms with van der Waals surface area (Å²) in [4.78, 5) is 4.67. The fourth-order valence-electron chi connectivity index (χ4n) is 2.65. The molecule has 0 spiro atoms. The number of nitrogens with zero attached hydrogens (tertiary/aromatic N) is 1. The van der Waals surface area contributed by atoms with E-state index < -0.39 is 5.60 Å². The van der Waals surface area contributed by atoms with Crippen molar-refractivity contribution in [3.8, 4) is 5.75 Å². The molecule has 7 heteroatoms. The predicted octanol–water partition coefficient (Wildman–Crippen LogP) is 3.32. The van der Waals surface area contributed by atoms with Crippen LogP contribution in [0.5, 0.6) is 5.75 Å². The van der Waals surface area contributed by atoms with Crippen molar-refractivity contribution in [1.82, 2.24) is 10.6 Å². The minimum atomic E-state index is -0.628. The molecule has 1 aliphatic rings. The first kappa shape index (κ1) is 23.4. The van der Waals surface area contributed by atoms with Crippen molar-refractivity contribution in [2.75, 3.05) is 24.6 Å². The third-order valence-electron chi connectivity index (χ3n) is 4.00. The molecule has 0 aromatic heterocycles. The Morgan fingerprint density at radius 1 is 1.38 bits per heavy atom. The van der Waals surface area contributed by atoms with Gasteiger partial charge >= 0.3 is 0 Å². The van der Waals surface area contributed by atoms with Gasteiger partial charge in [-0.05, 0) is 51.5 Å². The zero-order valence-corrected chi connectivity index (χ0v) is 19.3. The Morgan fingerprint density at radius 3 is 2.77 bits per heavy atom. The Bertz CT molecular complexity index is 590. The minimum absolute atomic E-state index is 0. The maximum atomic E-state index is 10.5. The van der Waals surface area contributed by atoms with Crippen LogP contribution in [0.25, 0.3) is 0 Å². The number of hydrogen-bond acceptors (Lipinski definition) is 4. The summed E-state index contributed by atoms with van der Waals surface area (Å²) in [6.45, 7) is 9.99. The molecule has 26 heavy (non-hydrogen) atoms. The summed E-state index contributed by atoms with van der Waals surface area (Å²) < 4.78 is 5.92. The van der Waals surface area contributed by atoms with E-state index >= 15 is 0 Å². The zero-order chi connectivity index (χ0) is 18.3. The first-order chi connectivity index (χ1) is 11.9. The minimum Gasteiger partial charge on any atom is -0.491 e. The zero-order valence-electron chi connectivity index (χ0n) is 16.2. The summed E-state index contributed by atoms with van der Waals surface area (Å²) in [5.41, 5.74) is 1.61. The topological polar surface area (TPSA) is 65.9 Å². The normalized spacial score (nSPS) is 20.0. The summed E-state index contributed by atoms with van der Waals surface area (Å²) in [7, 11) is 0. The Labute approximate surface area is 178 Å². The third kappa shape index (κ3) is 7.52. The van der Waals surface area contributed by atoms with E-state index in [0.29, 0.717) is 13.1 Å². The van der Waals surface area contributed by atoms with Gasteiger partial charge in [0.25, 0.3) is 0 Å². The van der Waals surface area contributed by atoms with Gasteiger partial charge in [0.05, 0.1) is 18.2 Å². The summed E-state index contributed by atoms with van der Waals surface area (Å²) in [5.74, 6) is 3.42. The molecule has 2 rings (SSSR count). The average Bonchev–Trinajstić information content (AvgIpc) is 2.98. The molecule has 1 heterocycles. The van der Waals surface area contributed by atoms with E-state index in [-0.39, 0.29) is 30.1 Å². The first-order valence-corrected chi connectivity index (χ1v) is 10.2. The van der Waals surface area contributed by atoms with Gasteiger partial charge in [0, 0.05) is 24.4 Å². The van der Waals surface area contributed by atoms with Gasteiger partial charge in [-0.15, -0.1) is 24.0 Å². The number of aryl methyl sites for hydroxylation is 1. The molecular formula is C19H32IN3O2S. The van der Waals surface area contributed by atoms with Gasteiger partial charge in [0.15, 0.2) is 5.96 Å². The standard InChI is InChI=1S/C19H31N3O2S.HI/c1-5-20-18(22-12-19(23)8-9-25-13-19)21-11-16-7-6-15(4)10-17(16)24-14(2)3;/h6-7,10,14,23H,5,8-9,11-13H2,1-4H3,(H2,20,21,22);1H. The van der Waals surface area contributed by atoms with E-state index in [1.165, 1.54) is 5.56 Å². The lowest BCUT2D eigenvalue weighted by Gasteiger charge is -2.23. The Kier molecular flexibility index (Phi) is 10.1. The van der Waals surface area contributed by atoms with E-state index in [1.54, 1.807) is 11.8 Å². The number of benzene rings is 1. The average molecular weight is 493 g/mol. The van der Waals surface area contributed by atoms with E-state index in [2.05, 4.69) is 40.7 Å². The van der Waals surface area contributed by atoms with Crippen molar-refractivity contribution in [2.45, 2.75) is 52.4 Å². The monoisotopic (exact) mass is 493 g/mol. The fourth-order valence-corrected chi connectivity index (χ4v) is 3.94. The lowest BCUT2D eigenvalue weighted by atomic mass is 10.0. The lowest BCUT2D eigenvalue weighted by Crippen LogP contribution is -2.47. The Morgan fingerprint density at radius 2 is 2.15 bits per heavy atom. The number of aliphatic hydroxyl groups is 1. The summed E-state index contributed by atoms with van der Waals surface area (Å²) >= 11 is 1.80. The summed E-state index contributed by atoms with van der Waals surface area (Å²) in [6, 6.07) is 6.21. The maximum absolute atomic E-state index is 10.5. The van der Waals surface area contributed by atoms with Gasteiger partial charge in [-0.3, -0.25) is 0 Å².